The van der Waals surface area contributed by atoms with Crippen molar-refractivity contribution in [2.75, 3.05) is 0 Å². The van der Waals surface area contributed by atoms with Gasteiger partial charge >= 0.3 is 0 Å². The zero-order chi connectivity index (χ0) is 10.1. The van der Waals surface area contributed by atoms with Gasteiger partial charge in [0.25, 0.3) is 0 Å². The van der Waals surface area contributed by atoms with Gasteiger partial charge in [0.05, 0.1) is 0 Å². The molecule has 1 aliphatic carbocycles. The number of rotatable bonds is 3. The topological polar surface area (TPSA) is 20.7 Å². The van der Waals surface area contributed by atoms with Crippen LogP contribution >= 0.6 is 12.2 Å². The lowest BCUT2D eigenvalue weighted by molar-refractivity contribution is 0.202. The quantitative estimate of drug-likeness (QED) is 0.756. The number of nitrogens with zero attached hydrogens (tertiary/aromatic N) is 1. The van der Waals surface area contributed by atoms with Crippen molar-refractivity contribution in [3.8, 4) is 0 Å². The SMILES string of the molecule is CCC(C1CCC1)n1cc(C)[nH]c1=S. The van der Waals surface area contributed by atoms with Crippen molar-refractivity contribution in [2.24, 2.45) is 5.92 Å². The zero-order valence-corrected chi connectivity index (χ0v) is 9.73. The maximum Gasteiger partial charge on any atom is 0.177 e. The first-order chi connectivity index (χ1) is 6.72. The van der Waals surface area contributed by atoms with Crippen LogP contribution in [0.15, 0.2) is 6.20 Å². The molecule has 0 amide bonds. The number of aromatic nitrogens is 2. The standard InChI is InChI=1S/C11H18N2S/c1-3-10(9-5-4-6-9)13-7-8(2)12-11(13)14/h7,9-10H,3-6H2,1-2H3,(H,12,14). The first kappa shape index (κ1) is 9.97. The molecule has 1 heterocycles. The lowest BCUT2D eigenvalue weighted by atomic mass is 9.79. The Morgan fingerprint density at radius 3 is 2.71 bits per heavy atom. The summed E-state index contributed by atoms with van der Waals surface area (Å²) in [7, 11) is 0. The van der Waals surface area contributed by atoms with Crippen LogP contribution in [0, 0.1) is 17.6 Å². The second-order valence-corrected chi connectivity index (χ2v) is 4.70. The molecule has 1 aromatic heterocycles. The van der Waals surface area contributed by atoms with E-state index in [1.807, 2.05) is 0 Å². The molecule has 0 bridgehead atoms. The number of imidazole rings is 1. The van der Waals surface area contributed by atoms with Gasteiger partial charge in [0, 0.05) is 17.9 Å². The highest BCUT2D eigenvalue weighted by Gasteiger charge is 2.27. The zero-order valence-electron chi connectivity index (χ0n) is 8.92. The second-order valence-electron chi connectivity index (χ2n) is 4.32. The lowest BCUT2D eigenvalue weighted by Gasteiger charge is -2.33. The van der Waals surface area contributed by atoms with Gasteiger partial charge in [0.1, 0.15) is 0 Å². The normalized spacial score (nSPS) is 19.3. The van der Waals surface area contributed by atoms with Crippen LogP contribution in [0.5, 0.6) is 0 Å². The van der Waals surface area contributed by atoms with Crippen molar-refractivity contribution in [1.29, 1.82) is 0 Å². The third-order valence-corrected chi connectivity index (χ3v) is 3.65. The van der Waals surface area contributed by atoms with Gasteiger partial charge < -0.3 is 9.55 Å². The number of aryl methyl sites for hydroxylation is 1. The third kappa shape index (κ3) is 1.65. The molecule has 3 heteroatoms. The summed E-state index contributed by atoms with van der Waals surface area (Å²) in [6.45, 7) is 4.33. The van der Waals surface area contributed by atoms with E-state index in [0.717, 1.165) is 10.7 Å². The molecule has 1 N–H and O–H groups in total. The van der Waals surface area contributed by atoms with Gasteiger partial charge in [-0.15, -0.1) is 0 Å². The molecule has 1 saturated carbocycles. The molecular formula is C11H18N2S. The van der Waals surface area contributed by atoms with E-state index in [1.54, 1.807) is 0 Å². The van der Waals surface area contributed by atoms with Crippen LogP contribution in [-0.4, -0.2) is 9.55 Å². The molecule has 1 aromatic rings. The summed E-state index contributed by atoms with van der Waals surface area (Å²) >= 11 is 5.31. The van der Waals surface area contributed by atoms with Crippen molar-refractivity contribution in [3.05, 3.63) is 16.7 Å². The molecule has 1 aliphatic rings. The highest BCUT2D eigenvalue weighted by atomic mass is 32.1. The van der Waals surface area contributed by atoms with E-state index in [2.05, 4.69) is 29.6 Å². The van der Waals surface area contributed by atoms with E-state index >= 15 is 0 Å². The molecule has 1 fully saturated rings. The molecule has 2 rings (SSSR count). The first-order valence-electron chi connectivity index (χ1n) is 5.50. The summed E-state index contributed by atoms with van der Waals surface area (Å²) in [5.41, 5.74) is 1.17. The fraction of sp³-hybridized carbons (Fsp3) is 0.727. The Hall–Kier alpha value is -0.570. The summed E-state index contributed by atoms with van der Waals surface area (Å²) in [6, 6.07) is 0.626. The van der Waals surface area contributed by atoms with Crippen molar-refractivity contribution in [3.63, 3.8) is 0 Å². The molecular weight excluding hydrogens is 192 g/mol. The second kappa shape index (κ2) is 3.89. The summed E-state index contributed by atoms with van der Waals surface area (Å²) in [4.78, 5) is 3.20. The number of aromatic amines is 1. The molecule has 2 nitrogen and oxygen atoms in total. The Morgan fingerprint density at radius 1 is 1.64 bits per heavy atom. The first-order valence-corrected chi connectivity index (χ1v) is 5.91. The highest BCUT2D eigenvalue weighted by Crippen LogP contribution is 2.38. The van der Waals surface area contributed by atoms with Crippen LogP contribution in [0.1, 0.15) is 44.3 Å². The van der Waals surface area contributed by atoms with Crippen LogP contribution in [0.3, 0.4) is 0 Å². The Kier molecular flexibility index (Phi) is 2.77. The van der Waals surface area contributed by atoms with E-state index in [9.17, 15) is 0 Å². The van der Waals surface area contributed by atoms with E-state index in [4.69, 9.17) is 12.2 Å². The molecule has 14 heavy (non-hydrogen) atoms. The summed E-state index contributed by atoms with van der Waals surface area (Å²) in [5.74, 6) is 0.863. The predicted octanol–water partition coefficient (Wildman–Crippen LogP) is 3.61. The average Bonchev–Trinajstić information content (AvgIpc) is 2.37. The van der Waals surface area contributed by atoms with E-state index < -0.39 is 0 Å². The van der Waals surface area contributed by atoms with Crippen molar-refractivity contribution in [1.82, 2.24) is 9.55 Å². The third-order valence-electron chi connectivity index (χ3n) is 3.34. The fourth-order valence-corrected chi connectivity index (χ4v) is 2.71. The van der Waals surface area contributed by atoms with Gasteiger partial charge in [-0.3, -0.25) is 0 Å². The molecule has 78 valence electrons. The fourth-order valence-electron chi connectivity index (χ4n) is 2.36. The number of hydrogen-bond donors (Lipinski definition) is 1. The monoisotopic (exact) mass is 210 g/mol. The molecule has 1 atom stereocenters. The lowest BCUT2D eigenvalue weighted by Crippen LogP contribution is -2.24. The van der Waals surface area contributed by atoms with Crippen LogP contribution in [-0.2, 0) is 0 Å². The summed E-state index contributed by atoms with van der Waals surface area (Å²) < 4.78 is 3.15. The Labute approximate surface area is 90.3 Å². The summed E-state index contributed by atoms with van der Waals surface area (Å²) in [6.07, 6.45) is 7.51. The van der Waals surface area contributed by atoms with Gasteiger partial charge in [0.15, 0.2) is 4.77 Å². The largest absolute Gasteiger partial charge is 0.335 e. The molecule has 0 saturated heterocycles. The number of nitrogens with one attached hydrogen (secondary N) is 1. The average molecular weight is 210 g/mol. The van der Waals surface area contributed by atoms with E-state index in [-0.39, 0.29) is 0 Å². The van der Waals surface area contributed by atoms with E-state index in [0.29, 0.717) is 6.04 Å². The van der Waals surface area contributed by atoms with Gasteiger partial charge in [-0.2, -0.15) is 0 Å². The van der Waals surface area contributed by atoms with Crippen LogP contribution in [0.25, 0.3) is 0 Å². The van der Waals surface area contributed by atoms with Gasteiger partial charge in [-0.1, -0.05) is 13.3 Å². The molecule has 0 radical (unpaired) electrons. The minimum absolute atomic E-state index is 0.626. The minimum Gasteiger partial charge on any atom is -0.335 e. The van der Waals surface area contributed by atoms with E-state index in [1.165, 1.54) is 31.4 Å². The maximum atomic E-state index is 5.31. The van der Waals surface area contributed by atoms with Gasteiger partial charge in [0.2, 0.25) is 0 Å². The number of hydrogen-bond acceptors (Lipinski definition) is 1. The maximum absolute atomic E-state index is 5.31. The van der Waals surface area contributed by atoms with Crippen LogP contribution in [0.2, 0.25) is 0 Å². The molecule has 1 unspecified atom stereocenters. The minimum atomic E-state index is 0.626. The highest BCUT2D eigenvalue weighted by molar-refractivity contribution is 7.71. The van der Waals surface area contributed by atoms with Gasteiger partial charge in [-0.05, 0) is 44.3 Å². The smallest absolute Gasteiger partial charge is 0.177 e. The Balaban J connectivity index is 2.26. The van der Waals surface area contributed by atoms with Crippen molar-refractivity contribution in [2.45, 2.75) is 45.6 Å². The Bertz CT molecular complexity index is 360. The summed E-state index contributed by atoms with van der Waals surface area (Å²) in [5, 5.41) is 0. The van der Waals surface area contributed by atoms with Crippen LogP contribution in [0.4, 0.5) is 0 Å². The van der Waals surface area contributed by atoms with Gasteiger partial charge in [-0.25, -0.2) is 0 Å². The number of H-pyrrole nitrogens is 1. The predicted molar refractivity (Wildman–Crippen MR) is 61.0 cm³/mol. The molecule has 0 spiro atoms. The van der Waals surface area contributed by atoms with Crippen molar-refractivity contribution < 1.29 is 0 Å². The Morgan fingerprint density at radius 2 is 2.36 bits per heavy atom. The molecule has 0 aromatic carbocycles. The molecule has 0 aliphatic heterocycles. The van der Waals surface area contributed by atoms with Crippen LogP contribution < -0.4 is 0 Å². The van der Waals surface area contributed by atoms with Crippen molar-refractivity contribution >= 4 is 12.2 Å².